The van der Waals surface area contributed by atoms with Crippen molar-refractivity contribution in [2.24, 2.45) is 5.92 Å². The van der Waals surface area contributed by atoms with Gasteiger partial charge in [-0.15, -0.1) is 0 Å². The molecule has 0 radical (unpaired) electrons. The number of carboxylic acids is 4. The molecule has 17 heteroatoms. The highest BCUT2D eigenvalue weighted by molar-refractivity contribution is 5.93. The van der Waals surface area contributed by atoms with Gasteiger partial charge < -0.3 is 31.1 Å². The van der Waals surface area contributed by atoms with Crippen LogP contribution in [0.1, 0.15) is 50.2 Å². The van der Waals surface area contributed by atoms with Crippen molar-refractivity contribution < 1.29 is 54.0 Å². The van der Waals surface area contributed by atoms with E-state index in [0.717, 1.165) is 11.1 Å². The van der Waals surface area contributed by atoms with Crippen LogP contribution in [0.4, 0.5) is 5.69 Å². The Morgan fingerprint density at radius 2 is 1.19 bits per heavy atom. The summed E-state index contributed by atoms with van der Waals surface area (Å²) >= 11 is 0. The van der Waals surface area contributed by atoms with Crippen LogP contribution in [0.2, 0.25) is 0 Å². The Bertz CT molecular complexity index is 1620. The van der Waals surface area contributed by atoms with Gasteiger partial charge in [-0.1, -0.05) is 49.4 Å². The van der Waals surface area contributed by atoms with Crippen molar-refractivity contribution in [1.29, 1.82) is 0 Å². The predicted octanol–water partition coefficient (Wildman–Crippen LogP) is 1.61. The first kappa shape index (κ1) is 47.1. The summed E-state index contributed by atoms with van der Waals surface area (Å²) in [5, 5.41) is 43.9. The molecule has 1 fully saturated rings. The van der Waals surface area contributed by atoms with Gasteiger partial charge in [0.05, 0.1) is 26.2 Å². The number of ketones is 1. The average Bonchev–Trinajstić information content (AvgIpc) is 3.25. The van der Waals surface area contributed by atoms with Crippen molar-refractivity contribution in [3.63, 3.8) is 0 Å². The maximum absolute atomic E-state index is 12.7. The molecule has 1 aliphatic rings. The molecule has 6 N–H and O–H groups in total. The third-order valence-electron chi connectivity index (χ3n) is 10.0. The van der Waals surface area contributed by atoms with E-state index >= 15 is 0 Å². The number of hydrogen-bond donors (Lipinski definition) is 6. The molecular weight excluding hydrogens is 752 g/mol. The van der Waals surface area contributed by atoms with E-state index < -0.39 is 43.0 Å². The minimum Gasteiger partial charge on any atom is -0.480 e. The number of nitrogens with one attached hydrogen (secondary N) is 2. The number of carbonyl (C=O) groups is 7. The molecule has 2 atom stereocenters. The van der Waals surface area contributed by atoms with Crippen molar-refractivity contribution in [1.82, 2.24) is 24.9 Å². The van der Waals surface area contributed by atoms with E-state index in [1.807, 2.05) is 42.2 Å². The van der Waals surface area contributed by atoms with Gasteiger partial charge in [0.1, 0.15) is 5.78 Å². The van der Waals surface area contributed by atoms with Gasteiger partial charge in [0, 0.05) is 89.3 Å². The first-order valence-electron chi connectivity index (χ1n) is 19.7. The fraction of sp³-hybridized carbons (Fsp3) is 0.537. The monoisotopic (exact) mass is 810 g/mol. The Kier molecular flexibility index (Phi) is 20.5. The molecule has 58 heavy (non-hydrogen) atoms. The molecule has 318 valence electrons. The predicted molar refractivity (Wildman–Crippen MR) is 214 cm³/mol. The van der Waals surface area contributed by atoms with Crippen LogP contribution < -0.4 is 10.6 Å². The summed E-state index contributed by atoms with van der Waals surface area (Å²) in [4.78, 5) is 91.3. The van der Waals surface area contributed by atoms with E-state index in [4.69, 9.17) is 0 Å². The van der Waals surface area contributed by atoms with Crippen molar-refractivity contribution in [2.75, 3.05) is 83.9 Å². The summed E-state index contributed by atoms with van der Waals surface area (Å²) in [7, 11) is 0. The van der Waals surface area contributed by atoms with Gasteiger partial charge in [0.15, 0.2) is 0 Å². The van der Waals surface area contributed by atoms with E-state index in [0.29, 0.717) is 70.8 Å². The normalized spacial score (nSPS) is 15.3. The number of amides is 2. The van der Waals surface area contributed by atoms with Crippen LogP contribution in [0.5, 0.6) is 0 Å². The molecule has 0 aromatic heterocycles. The Labute approximate surface area is 339 Å². The fourth-order valence-electron chi connectivity index (χ4n) is 6.89. The molecule has 0 saturated carbocycles. The molecule has 3 rings (SSSR count). The number of nitrogens with zero attached hydrogens (tertiary/aromatic N) is 4. The quantitative estimate of drug-likeness (QED) is 0.0782. The number of benzene rings is 2. The van der Waals surface area contributed by atoms with Gasteiger partial charge in [-0.05, 0) is 48.9 Å². The molecule has 1 heterocycles. The van der Waals surface area contributed by atoms with Gasteiger partial charge >= 0.3 is 23.9 Å². The SMILES string of the molecule is CC[C@@H](Cc1ccccc1)C(=O)NCCCC(=O)CCC(=O)Nc1ccc(CC(CN2CCN(CC(=O)O)CCN(CC(=O)O)CC2)N(CC(=O)O)CC(=O)O)cc1. The lowest BCUT2D eigenvalue weighted by atomic mass is 9.96. The number of rotatable bonds is 25. The van der Waals surface area contributed by atoms with Gasteiger partial charge in [-0.3, -0.25) is 53.2 Å². The summed E-state index contributed by atoms with van der Waals surface area (Å²) in [5.41, 5.74) is 2.31. The van der Waals surface area contributed by atoms with Crippen LogP contribution in [0, 0.1) is 5.92 Å². The van der Waals surface area contributed by atoms with E-state index in [-0.39, 0.29) is 68.8 Å². The molecule has 0 bridgehead atoms. The number of Topliss-reactive ketones (excluding diaryl/α,β-unsaturated/α-hetero) is 1. The summed E-state index contributed by atoms with van der Waals surface area (Å²) in [6.45, 7) is 3.16. The molecule has 0 aliphatic carbocycles. The second-order valence-electron chi connectivity index (χ2n) is 14.7. The van der Waals surface area contributed by atoms with Crippen molar-refractivity contribution in [3.05, 3.63) is 65.7 Å². The van der Waals surface area contributed by atoms with Crippen molar-refractivity contribution in [2.45, 2.75) is 57.9 Å². The Hall–Kier alpha value is -5.23. The van der Waals surface area contributed by atoms with Gasteiger partial charge in [-0.2, -0.15) is 0 Å². The zero-order valence-electron chi connectivity index (χ0n) is 33.2. The highest BCUT2D eigenvalue weighted by atomic mass is 16.4. The van der Waals surface area contributed by atoms with Crippen LogP contribution >= 0.6 is 0 Å². The molecule has 17 nitrogen and oxygen atoms in total. The van der Waals surface area contributed by atoms with Crippen LogP contribution in [0.3, 0.4) is 0 Å². The van der Waals surface area contributed by atoms with E-state index in [9.17, 15) is 54.0 Å². The molecule has 1 saturated heterocycles. The summed E-state index contributed by atoms with van der Waals surface area (Å²) in [5.74, 6) is -5.10. The largest absolute Gasteiger partial charge is 0.480 e. The lowest BCUT2D eigenvalue weighted by Crippen LogP contribution is -2.51. The number of hydrogen-bond acceptors (Lipinski definition) is 11. The van der Waals surface area contributed by atoms with Crippen molar-refractivity contribution >= 4 is 47.2 Å². The standard InChI is InChI=1S/C41H58N6O11/c1-2-32(23-30-7-4-3-5-8-30)41(58)42-16-6-9-35(48)14-15-36(49)43-33-12-10-31(11-13-33)24-34(47(28-39(54)55)29-40(56)57)25-44-17-19-45(26-37(50)51)21-22-46(20-18-44)27-38(52)53/h3-5,7-8,10-13,32,34H,2,6,9,14-29H2,1H3,(H,42,58)(H,43,49)(H,50,51)(H,52,53)(H,54,55)(H,56,57)/t32-,34?/m0/s1. The topological polar surface area (TPSA) is 237 Å². The second kappa shape index (κ2) is 25.2. The second-order valence-corrected chi connectivity index (χ2v) is 14.7. The zero-order valence-corrected chi connectivity index (χ0v) is 33.2. The highest BCUT2D eigenvalue weighted by Gasteiger charge is 2.28. The van der Waals surface area contributed by atoms with Gasteiger partial charge in [-0.25, -0.2) is 0 Å². The summed E-state index contributed by atoms with van der Waals surface area (Å²) in [6.07, 6.45) is 2.32. The molecule has 2 aromatic rings. The van der Waals surface area contributed by atoms with E-state index in [1.54, 1.807) is 34.1 Å². The number of carboxylic acid groups (broad SMARTS) is 4. The van der Waals surface area contributed by atoms with Crippen molar-refractivity contribution in [3.8, 4) is 0 Å². The number of anilines is 1. The van der Waals surface area contributed by atoms with Crippen LogP contribution in [0.15, 0.2) is 54.6 Å². The Morgan fingerprint density at radius 3 is 1.71 bits per heavy atom. The minimum atomic E-state index is -1.21. The van der Waals surface area contributed by atoms with Crippen LogP contribution in [0.25, 0.3) is 0 Å². The zero-order chi connectivity index (χ0) is 42.5. The van der Waals surface area contributed by atoms with Crippen LogP contribution in [-0.4, -0.2) is 166 Å². The third-order valence-corrected chi connectivity index (χ3v) is 10.0. The molecule has 1 aliphatic heterocycles. The van der Waals surface area contributed by atoms with Gasteiger partial charge in [0.2, 0.25) is 11.8 Å². The molecular formula is C41H58N6O11. The third kappa shape index (κ3) is 18.8. The average molecular weight is 811 g/mol. The number of carbonyl (C=O) groups excluding carboxylic acids is 3. The highest BCUT2D eigenvalue weighted by Crippen LogP contribution is 2.17. The first-order chi connectivity index (χ1) is 27.7. The Balaban J connectivity index is 1.56. The van der Waals surface area contributed by atoms with E-state index in [2.05, 4.69) is 10.6 Å². The molecule has 2 amide bonds. The first-order valence-corrected chi connectivity index (χ1v) is 19.7. The molecule has 2 aromatic carbocycles. The molecule has 0 spiro atoms. The minimum absolute atomic E-state index is 0.0209. The fourth-order valence-corrected chi connectivity index (χ4v) is 6.89. The molecule has 1 unspecified atom stereocenters. The maximum atomic E-state index is 12.7. The lowest BCUT2D eigenvalue weighted by molar-refractivity contribution is -0.143. The smallest absolute Gasteiger partial charge is 0.317 e. The summed E-state index contributed by atoms with van der Waals surface area (Å²) < 4.78 is 0. The van der Waals surface area contributed by atoms with Crippen LogP contribution in [-0.2, 0) is 46.4 Å². The maximum Gasteiger partial charge on any atom is 0.317 e. The Morgan fingerprint density at radius 1 is 0.655 bits per heavy atom. The number of aliphatic carboxylic acids is 4. The lowest BCUT2D eigenvalue weighted by Gasteiger charge is -2.35. The van der Waals surface area contributed by atoms with Gasteiger partial charge in [0.25, 0.3) is 0 Å². The van der Waals surface area contributed by atoms with E-state index in [1.165, 1.54) is 4.90 Å². The summed E-state index contributed by atoms with van der Waals surface area (Å²) in [6, 6.07) is 16.0.